The van der Waals surface area contributed by atoms with E-state index in [1.807, 2.05) is 0 Å². The number of carboxylic acids is 1. The molecule has 22 heavy (non-hydrogen) atoms. The maximum Gasteiger partial charge on any atom is 0.416 e. The molecule has 1 aromatic rings. The van der Waals surface area contributed by atoms with Crippen molar-refractivity contribution in [3.05, 3.63) is 41.1 Å². The van der Waals surface area contributed by atoms with E-state index < -0.39 is 29.6 Å². The summed E-state index contributed by atoms with van der Waals surface area (Å²) in [5.74, 6) is -3.73. The van der Waals surface area contributed by atoms with Crippen LogP contribution < -0.4 is 4.90 Å². The summed E-state index contributed by atoms with van der Waals surface area (Å²) in [6.07, 6.45) is -3.40. The summed E-state index contributed by atoms with van der Waals surface area (Å²) in [4.78, 5) is 24.5. The van der Waals surface area contributed by atoms with Crippen LogP contribution in [0.3, 0.4) is 0 Å². The van der Waals surface area contributed by atoms with Gasteiger partial charge in [-0.25, -0.2) is 4.79 Å². The molecule has 1 N–H and O–H groups in total. The molecule has 0 radical (unpaired) electrons. The van der Waals surface area contributed by atoms with Gasteiger partial charge in [0.05, 0.1) is 18.2 Å². The lowest BCUT2D eigenvalue weighted by Gasteiger charge is -2.30. The average molecular weight is 315 g/mol. The molecule has 0 fully saturated rings. The lowest BCUT2D eigenvalue weighted by atomic mass is 9.86. The molecule has 1 aromatic carbocycles. The van der Waals surface area contributed by atoms with Gasteiger partial charge < -0.3 is 14.7 Å². The fourth-order valence-electron chi connectivity index (χ4n) is 2.35. The van der Waals surface area contributed by atoms with Crippen molar-refractivity contribution >= 4 is 17.6 Å². The van der Waals surface area contributed by atoms with Gasteiger partial charge in [0.25, 0.3) is 0 Å². The molecule has 0 saturated carbocycles. The summed E-state index contributed by atoms with van der Waals surface area (Å²) in [7, 11) is 2.54. The van der Waals surface area contributed by atoms with E-state index in [-0.39, 0.29) is 11.1 Å². The summed E-state index contributed by atoms with van der Waals surface area (Å²) in [6, 6.07) is 2.86. The van der Waals surface area contributed by atoms with Crippen molar-refractivity contribution in [2.24, 2.45) is 0 Å². The zero-order chi connectivity index (χ0) is 16.7. The first kappa shape index (κ1) is 15.9. The molecule has 1 aliphatic heterocycles. The molecule has 0 saturated heterocycles. The van der Waals surface area contributed by atoms with Crippen molar-refractivity contribution in [2.75, 3.05) is 19.1 Å². The van der Waals surface area contributed by atoms with Crippen LogP contribution in [0, 0.1) is 0 Å². The van der Waals surface area contributed by atoms with Crippen molar-refractivity contribution in [3.63, 3.8) is 0 Å². The van der Waals surface area contributed by atoms with Gasteiger partial charge >= 0.3 is 18.1 Å². The number of fused-ring (bicyclic) bond motifs is 1. The molecule has 118 valence electrons. The summed E-state index contributed by atoms with van der Waals surface area (Å²) in [5.41, 5.74) is -1.04. The Morgan fingerprint density at radius 1 is 1.32 bits per heavy atom. The van der Waals surface area contributed by atoms with Crippen LogP contribution in [0.25, 0.3) is 0 Å². The number of ether oxygens (including phenoxy) is 1. The molecule has 1 atom stereocenters. The predicted molar refractivity (Wildman–Crippen MR) is 70.3 cm³/mol. The van der Waals surface area contributed by atoms with Crippen LogP contribution in [0.4, 0.5) is 18.9 Å². The number of rotatable bonds is 2. The van der Waals surface area contributed by atoms with Crippen molar-refractivity contribution < 1.29 is 32.6 Å². The van der Waals surface area contributed by atoms with Crippen LogP contribution in [-0.4, -0.2) is 31.2 Å². The standard InChI is InChI=1S/C14H12F3NO4/c1-18-6-9(12(19)20)11(13(21)22-2)8-5-7(14(15,16)17)3-4-10(8)18/h3-6,11H,1-2H3,(H,19,20). The van der Waals surface area contributed by atoms with Crippen LogP contribution in [0.2, 0.25) is 0 Å². The number of hydrogen-bond acceptors (Lipinski definition) is 4. The van der Waals surface area contributed by atoms with Gasteiger partial charge in [0.15, 0.2) is 0 Å². The van der Waals surface area contributed by atoms with E-state index in [9.17, 15) is 27.9 Å². The Labute approximate surface area is 123 Å². The number of hydrogen-bond donors (Lipinski definition) is 1. The Hall–Kier alpha value is -2.51. The first-order chi connectivity index (χ1) is 10.2. The van der Waals surface area contributed by atoms with E-state index in [0.717, 1.165) is 19.2 Å². The van der Waals surface area contributed by atoms with Crippen LogP contribution in [0.1, 0.15) is 17.0 Å². The van der Waals surface area contributed by atoms with E-state index in [2.05, 4.69) is 4.74 Å². The minimum Gasteiger partial charge on any atom is -0.478 e. The Morgan fingerprint density at radius 2 is 1.95 bits per heavy atom. The zero-order valence-corrected chi connectivity index (χ0v) is 11.6. The first-order valence-electron chi connectivity index (χ1n) is 6.13. The molecule has 0 aromatic heterocycles. The summed E-state index contributed by atoms with van der Waals surface area (Å²) < 4.78 is 43.1. The number of anilines is 1. The van der Waals surface area contributed by atoms with Crippen molar-refractivity contribution in [2.45, 2.75) is 12.1 Å². The molecular formula is C14H12F3NO4. The van der Waals surface area contributed by atoms with Gasteiger partial charge in [-0.1, -0.05) is 0 Å². The fourth-order valence-corrected chi connectivity index (χ4v) is 2.35. The Kier molecular flexibility index (Phi) is 3.87. The highest BCUT2D eigenvalue weighted by Gasteiger charge is 2.39. The highest BCUT2D eigenvalue weighted by molar-refractivity contribution is 6.00. The van der Waals surface area contributed by atoms with Crippen LogP contribution >= 0.6 is 0 Å². The van der Waals surface area contributed by atoms with Crippen molar-refractivity contribution in [1.82, 2.24) is 0 Å². The third kappa shape index (κ3) is 2.63. The summed E-state index contributed by atoms with van der Waals surface area (Å²) >= 11 is 0. The second-order valence-corrected chi connectivity index (χ2v) is 4.73. The number of alkyl halides is 3. The maximum atomic E-state index is 12.9. The SMILES string of the molecule is COC(=O)C1C(C(=O)O)=CN(C)c2ccc(C(F)(F)F)cc21. The van der Waals surface area contributed by atoms with Gasteiger partial charge in [-0.3, -0.25) is 4.79 Å². The summed E-state index contributed by atoms with van der Waals surface area (Å²) in [5, 5.41) is 9.20. The minimum atomic E-state index is -4.60. The average Bonchev–Trinajstić information content (AvgIpc) is 2.44. The van der Waals surface area contributed by atoms with Crippen molar-refractivity contribution in [1.29, 1.82) is 0 Å². The zero-order valence-electron chi connectivity index (χ0n) is 11.6. The van der Waals surface area contributed by atoms with E-state index in [1.54, 1.807) is 0 Å². The van der Waals surface area contributed by atoms with Gasteiger partial charge in [0.2, 0.25) is 0 Å². The van der Waals surface area contributed by atoms with Crippen LogP contribution in [0.15, 0.2) is 30.0 Å². The lowest BCUT2D eigenvalue weighted by Crippen LogP contribution is -2.29. The molecule has 2 rings (SSSR count). The predicted octanol–water partition coefficient (Wildman–Crippen LogP) is 2.38. The van der Waals surface area contributed by atoms with Gasteiger partial charge in [0, 0.05) is 18.9 Å². The third-order valence-electron chi connectivity index (χ3n) is 3.37. The minimum absolute atomic E-state index is 0.0518. The molecule has 1 heterocycles. The molecule has 0 amide bonds. The van der Waals surface area contributed by atoms with Gasteiger partial charge in [0.1, 0.15) is 5.92 Å². The molecule has 5 nitrogen and oxygen atoms in total. The van der Waals surface area contributed by atoms with Crippen LogP contribution in [0.5, 0.6) is 0 Å². The number of methoxy groups -OCH3 is 1. The number of carbonyl (C=O) groups excluding carboxylic acids is 1. The molecular weight excluding hydrogens is 303 g/mol. The number of carboxylic acid groups (broad SMARTS) is 1. The molecule has 0 aliphatic carbocycles. The highest BCUT2D eigenvalue weighted by atomic mass is 19.4. The second-order valence-electron chi connectivity index (χ2n) is 4.73. The van der Waals surface area contributed by atoms with Gasteiger partial charge in [-0.15, -0.1) is 0 Å². The Morgan fingerprint density at radius 3 is 2.45 bits per heavy atom. The molecule has 0 spiro atoms. The quantitative estimate of drug-likeness (QED) is 0.849. The normalized spacial score (nSPS) is 17.6. The largest absolute Gasteiger partial charge is 0.478 e. The number of benzene rings is 1. The Balaban J connectivity index is 2.67. The molecule has 1 aliphatic rings. The fraction of sp³-hybridized carbons (Fsp3) is 0.286. The number of carbonyl (C=O) groups is 2. The third-order valence-corrected chi connectivity index (χ3v) is 3.37. The van der Waals surface area contributed by atoms with E-state index >= 15 is 0 Å². The van der Waals surface area contributed by atoms with Gasteiger partial charge in [-0.05, 0) is 23.8 Å². The maximum absolute atomic E-state index is 12.9. The number of nitrogens with zero attached hydrogens (tertiary/aromatic N) is 1. The highest BCUT2D eigenvalue weighted by Crippen LogP contribution is 2.41. The molecule has 1 unspecified atom stereocenters. The second kappa shape index (κ2) is 5.36. The summed E-state index contributed by atoms with van der Waals surface area (Å²) in [6.45, 7) is 0. The van der Waals surface area contributed by atoms with E-state index in [0.29, 0.717) is 5.69 Å². The van der Waals surface area contributed by atoms with Gasteiger partial charge in [-0.2, -0.15) is 13.2 Å². The van der Waals surface area contributed by atoms with E-state index in [1.165, 1.54) is 24.2 Å². The number of halogens is 3. The molecule has 8 heteroatoms. The topological polar surface area (TPSA) is 66.8 Å². The molecule has 0 bridgehead atoms. The van der Waals surface area contributed by atoms with E-state index in [4.69, 9.17) is 0 Å². The first-order valence-corrected chi connectivity index (χ1v) is 6.13. The number of esters is 1. The van der Waals surface area contributed by atoms with Crippen LogP contribution in [-0.2, 0) is 20.5 Å². The lowest BCUT2D eigenvalue weighted by molar-refractivity contribution is -0.144. The Bertz CT molecular complexity index is 667. The van der Waals surface area contributed by atoms with Crippen molar-refractivity contribution in [3.8, 4) is 0 Å². The smallest absolute Gasteiger partial charge is 0.416 e. The number of aliphatic carboxylic acids is 1. The monoisotopic (exact) mass is 315 g/mol.